The molecule has 4 heteroatoms. The highest BCUT2D eigenvalue weighted by molar-refractivity contribution is 8.93. The molecule has 0 spiro atoms. The van der Waals surface area contributed by atoms with Crippen LogP contribution in [0.2, 0.25) is 0 Å². The van der Waals surface area contributed by atoms with E-state index in [9.17, 15) is 5.11 Å². The minimum absolute atomic E-state index is 0. The Hall–Kier alpha value is -0.740. The third-order valence-electron chi connectivity index (χ3n) is 1.88. The molecule has 0 fully saturated rings. The lowest BCUT2D eigenvalue weighted by atomic mass is 10.1. The molecule has 0 aliphatic heterocycles. The summed E-state index contributed by atoms with van der Waals surface area (Å²) >= 11 is 0. The van der Waals surface area contributed by atoms with Crippen molar-refractivity contribution in [2.45, 2.75) is 13.3 Å². The normalized spacial score (nSPS) is 9.50. The second kappa shape index (κ2) is 6.68. The first kappa shape index (κ1) is 13.3. The van der Waals surface area contributed by atoms with Gasteiger partial charge >= 0.3 is 0 Å². The molecule has 1 aromatic carbocycles. The van der Waals surface area contributed by atoms with Crippen molar-refractivity contribution >= 4 is 17.0 Å². The number of hydrogen-bond donors (Lipinski definition) is 3. The number of benzene rings is 1. The molecule has 0 aromatic heterocycles. The highest BCUT2D eigenvalue weighted by Gasteiger charge is 1.99. The molecule has 0 aliphatic carbocycles. The first-order valence-electron chi connectivity index (χ1n) is 4.45. The van der Waals surface area contributed by atoms with Gasteiger partial charge in [0.1, 0.15) is 0 Å². The number of phenols is 2. The number of likely N-dealkylation sites (N-methyl/N-ethyl adjacent to an activating group) is 1. The summed E-state index contributed by atoms with van der Waals surface area (Å²) in [5.74, 6) is -0.110. The summed E-state index contributed by atoms with van der Waals surface area (Å²) in [6.45, 7) is 3.89. The fourth-order valence-electron chi connectivity index (χ4n) is 1.13. The number of phenolic OH excluding ortho intramolecular Hbond substituents is 2. The van der Waals surface area contributed by atoms with Crippen LogP contribution in [0.4, 0.5) is 0 Å². The zero-order valence-electron chi connectivity index (χ0n) is 8.16. The quantitative estimate of drug-likeness (QED) is 0.573. The van der Waals surface area contributed by atoms with Crippen molar-refractivity contribution in [3.63, 3.8) is 0 Å². The average Bonchev–Trinajstić information content (AvgIpc) is 2.12. The Morgan fingerprint density at radius 3 is 2.50 bits per heavy atom. The summed E-state index contributed by atoms with van der Waals surface area (Å²) < 4.78 is 0. The molecule has 0 aliphatic rings. The Bertz CT molecular complexity index is 279. The van der Waals surface area contributed by atoms with Crippen molar-refractivity contribution < 1.29 is 10.2 Å². The predicted octanol–water partition coefficient (Wildman–Crippen LogP) is 1.83. The summed E-state index contributed by atoms with van der Waals surface area (Å²) in [4.78, 5) is 0. The molecule has 0 amide bonds. The van der Waals surface area contributed by atoms with Gasteiger partial charge in [0.05, 0.1) is 0 Å². The number of rotatable bonds is 4. The van der Waals surface area contributed by atoms with Crippen molar-refractivity contribution in [2.24, 2.45) is 0 Å². The van der Waals surface area contributed by atoms with E-state index in [4.69, 9.17) is 5.11 Å². The molecule has 1 rings (SSSR count). The van der Waals surface area contributed by atoms with Crippen LogP contribution in [-0.4, -0.2) is 23.3 Å². The lowest BCUT2D eigenvalue weighted by Gasteiger charge is -2.03. The SMILES string of the molecule is Br.CCNCCc1ccc(O)c(O)c1. The second-order valence-electron chi connectivity index (χ2n) is 2.93. The molecular formula is C10H16BrNO2. The number of aromatic hydroxyl groups is 2. The third-order valence-corrected chi connectivity index (χ3v) is 1.88. The lowest BCUT2D eigenvalue weighted by Crippen LogP contribution is -2.15. The molecule has 0 saturated carbocycles. The third kappa shape index (κ3) is 3.98. The van der Waals surface area contributed by atoms with Crippen LogP contribution in [0.3, 0.4) is 0 Å². The molecule has 3 N–H and O–H groups in total. The summed E-state index contributed by atoms with van der Waals surface area (Å²) in [5.41, 5.74) is 1.02. The van der Waals surface area contributed by atoms with Gasteiger partial charge in [0.15, 0.2) is 11.5 Å². The highest BCUT2D eigenvalue weighted by Crippen LogP contribution is 2.24. The molecule has 0 saturated heterocycles. The topological polar surface area (TPSA) is 52.5 Å². The predicted molar refractivity (Wildman–Crippen MR) is 62.3 cm³/mol. The van der Waals surface area contributed by atoms with Crippen LogP contribution in [0.25, 0.3) is 0 Å². The second-order valence-corrected chi connectivity index (χ2v) is 2.93. The smallest absolute Gasteiger partial charge is 0.157 e. The van der Waals surface area contributed by atoms with Gasteiger partial charge in [0.2, 0.25) is 0 Å². The van der Waals surface area contributed by atoms with Crippen LogP contribution in [-0.2, 0) is 6.42 Å². The van der Waals surface area contributed by atoms with E-state index in [1.165, 1.54) is 6.07 Å². The van der Waals surface area contributed by atoms with E-state index in [0.717, 1.165) is 25.1 Å². The zero-order valence-corrected chi connectivity index (χ0v) is 9.87. The summed E-state index contributed by atoms with van der Waals surface area (Å²) in [6, 6.07) is 4.91. The maximum Gasteiger partial charge on any atom is 0.157 e. The molecule has 3 nitrogen and oxygen atoms in total. The number of nitrogens with one attached hydrogen (secondary N) is 1. The molecule has 0 heterocycles. The van der Waals surface area contributed by atoms with E-state index in [1.54, 1.807) is 6.07 Å². The van der Waals surface area contributed by atoms with Gasteiger partial charge in [-0.3, -0.25) is 0 Å². The Kier molecular flexibility index (Phi) is 6.32. The maximum atomic E-state index is 9.19. The van der Waals surface area contributed by atoms with Crippen LogP contribution < -0.4 is 5.32 Å². The first-order chi connectivity index (χ1) is 6.24. The average molecular weight is 262 g/mol. The maximum absolute atomic E-state index is 9.19. The monoisotopic (exact) mass is 261 g/mol. The minimum atomic E-state index is -0.0628. The van der Waals surface area contributed by atoms with Gasteiger partial charge in [-0.1, -0.05) is 13.0 Å². The minimum Gasteiger partial charge on any atom is -0.504 e. The van der Waals surface area contributed by atoms with Crippen molar-refractivity contribution in [3.05, 3.63) is 23.8 Å². The van der Waals surface area contributed by atoms with Crippen molar-refractivity contribution in [2.75, 3.05) is 13.1 Å². The number of halogens is 1. The summed E-state index contributed by atoms with van der Waals surface area (Å²) in [5, 5.41) is 21.4. The van der Waals surface area contributed by atoms with Crippen LogP contribution in [0.5, 0.6) is 11.5 Å². The Labute approximate surface area is 94.5 Å². The Morgan fingerprint density at radius 2 is 1.93 bits per heavy atom. The van der Waals surface area contributed by atoms with E-state index in [0.29, 0.717) is 0 Å². The van der Waals surface area contributed by atoms with E-state index in [1.807, 2.05) is 13.0 Å². The fourth-order valence-corrected chi connectivity index (χ4v) is 1.13. The molecule has 1 aromatic rings. The van der Waals surface area contributed by atoms with Crippen LogP contribution in [0.15, 0.2) is 18.2 Å². The van der Waals surface area contributed by atoms with Crippen molar-refractivity contribution in [1.82, 2.24) is 5.32 Å². The van der Waals surface area contributed by atoms with Crippen LogP contribution in [0, 0.1) is 0 Å². The summed E-state index contributed by atoms with van der Waals surface area (Å²) in [6.07, 6.45) is 0.863. The van der Waals surface area contributed by atoms with Gasteiger partial charge in [-0.15, -0.1) is 17.0 Å². The first-order valence-corrected chi connectivity index (χ1v) is 4.45. The van der Waals surface area contributed by atoms with E-state index in [2.05, 4.69) is 5.32 Å². The van der Waals surface area contributed by atoms with Gasteiger partial charge in [-0.2, -0.15) is 0 Å². The van der Waals surface area contributed by atoms with E-state index in [-0.39, 0.29) is 28.5 Å². The van der Waals surface area contributed by atoms with E-state index < -0.39 is 0 Å². The van der Waals surface area contributed by atoms with Crippen LogP contribution >= 0.6 is 17.0 Å². The molecule has 0 radical (unpaired) electrons. The molecule has 80 valence electrons. The van der Waals surface area contributed by atoms with Gasteiger partial charge in [0, 0.05) is 0 Å². The molecule has 0 unspecified atom stereocenters. The Balaban J connectivity index is 0.00000169. The van der Waals surface area contributed by atoms with Gasteiger partial charge in [-0.05, 0) is 37.2 Å². The van der Waals surface area contributed by atoms with Crippen molar-refractivity contribution in [3.8, 4) is 11.5 Å². The molecule has 0 atom stereocenters. The van der Waals surface area contributed by atoms with Gasteiger partial charge in [-0.25, -0.2) is 0 Å². The standard InChI is InChI=1S/C10H15NO2.BrH/c1-2-11-6-5-8-3-4-9(12)10(13)7-8;/h3-4,7,11-13H,2,5-6H2,1H3;1H. The Morgan fingerprint density at radius 1 is 1.21 bits per heavy atom. The number of hydrogen-bond acceptors (Lipinski definition) is 3. The molecular weight excluding hydrogens is 246 g/mol. The van der Waals surface area contributed by atoms with Gasteiger partial charge < -0.3 is 15.5 Å². The fraction of sp³-hybridized carbons (Fsp3) is 0.400. The highest BCUT2D eigenvalue weighted by atomic mass is 79.9. The van der Waals surface area contributed by atoms with Gasteiger partial charge in [0.25, 0.3) is 0 Å². The zero-order chi connectivity index (χ0) is 9.68. The summed E-state index contributed by atoms with van der Waals surface area (Å²) in [7, 11) is 0. The molecule has 0 bridgehead atoms. The largest absolute Gasteiger partial charge is 0.504 e. The lowest BCUT2D eigenvalue weighted by molar-refractivity contribution is 0.403. The van der Waals surface area contributed by atoms with E-state index >= 15 is 0 Å². The van der Waals surface area contributed by atoms with Crippen molar-refractivity contribution in [1.29, 1.82) is 0 Å². The molecule has 14 heavy (non-hydrogen) atoms. The van der Waals surface area contributed by atoms with Crippen LogP contribution in [0.1, 0.15) is 12.5 Å².